The minimum absolute atomic E-state index is 0.0547. The second kappa shape index (κ2) is 10.1. The smallest absolute Gasteiger partial charge is 0.339 e. The number of carbonyl (C=O) groups is 2. The molecule has 0 saturated heterocycles. The van der Waals surface area contributed by atoms with Crippen LogP contribution in [0.5, 0.6) is 0 Å². The van der Waals surface area contributed by atoms with Crippen molar-refractivity contribution < 1.29 is 14.3 Å². The molecule has 0 bridgehead atoms. The Kier molecular flexibility index (Phi) is 7.17. The Morgan fingerprint density at radius 1 is 1.18 bits per heavy atom. The van der Waals surface area contributed by atoms with Gasteiger partial charge in [-0.3, -0.25) is 4.79 Å². The standard InChI is InChI=1S/C28H32N2O3S/c1-5-12-29-24(31)17-33-27(32)25-21-10-6-7-11-23(21)30-26-18(15-20-9-8-13-34-20)14-19(16-22(25)26)28(2,3)4/h6-11,13,15,19H,5,12,14,16-17H2,1-4H3,(H,29,31). The number of amides is 1. The van der Waals surface area contributed by atoms with Crippen molar-refractivity contribution in [2.45, 2.75) is 47.0 Å². The van der Waals surface area contributed by atoms with Crippen molar-refractivity contribution >= 4 is 45.8 Å². The maximum Gasteiger partial charge on any atom is 0.339 e. The number of carbonyl (C=O) groups excluding carboxylic acids is 2. The second-order valence-corrected chi connectivity index (χ2v) is 10.9. The summed E-state index contributed by atoms with van der Waals surface area (Å²) in [4.78, 5) is 31.7. The number of hydrogen-bond donors (Lipinski definition) is 1. The normalized spacial score (nSPS) is 16.9. The van der Waals surface area contributed by atoms with E-state index in [0.29, 0.717) is 18.0 Å². The van der Waals surface area contributed by atoms with Crippen molar-refractivity contribution in [2.24, 2.45) is 11.3 Å². The van der Waals surface area contributed by atoms with E-state index >= 15 is 0 Å². The Morgan fingerprint density at radius 2 is 1.97 bits per heavy atom. The molecule has 1 aromatic carbocycles. The summed E-state index contributed by atoms with van der Waals surface area (Å²) in [5.74, 6) is -0.409. The van der Waals surface area contributed by atoms with E-state index in [1.807, 2.05) is 37.3 Å². The predicted molar refractivity (Wildman–Crippen MR) is 139 cm³/mol. The number of esters is 1. The largest absolute Gasteiger partial charge is 0.452 e. The van der Waals surface area contributed by atoms with Gasteiger partial charge in [-0.05, 0) is 65.3 Å². The van der Waals surface area contributed by atoms with Crippen LogP contribution in [0.1, 0.15) is 67.0 Å². The van der Waals surface area contributed by atoms with Crippen LogP contribution < -0.4 is 5.32 Å². The molecule has 0 fully saturated rings. The first kappa shape index (κ1) is 24.1. The van der Waals surface area contributed by atoms with Gasteiger partial charge < -0.3 is 10.1 Å². The van der Waals surface area contributed by atoms with Crippen LogP contribution in [0.15, 0.2) is 41.8 Å². The van der Waals surface area contributed by atoms with E-state index < -0.39 is 5.97 Å². The zero-order valence-corrected chi connectivity index (χ0v) is 21.1. The monoisotopic (exact) mass is 476 g/mol. The molecular formula is C28H32N2O3S. The van der Waals surface area contributed by atoms with E-state index in [1.165, 1.54) is 4.88 Å². The fourth-order valence-corrected chi connectivity index (χ4v) is 5.11. The van der Waals surface area contributed by atoms with Crippen molar-refractivity contribution in [3.8, 4) is 0 Å². The number of para-hydroxylation sites is 1. The molecule has 1 aliphatic rings. The topological polar surface area (TPSA) is 68.3 Å². The fourth-order valence-electron chi connectivity index (χ4n) is 4.43. The van der Waals surface area contributed by atoms with Crippen molar-refractivity contribution in [2.75, 3.05) is 13.2 Å². The van der Waals surface area contributed by atoms with Crippen molar-refractivity contribution in [1.82, 2.24) is 10.3 Å². The zero-order chi connectivity index (χ0) is 24.3. The molecule has 5 nitrogen and oxygen atoms in total. The van der Waals surface area contributed by atoms with Crippen LogP contribution in [0.2, 0.25) is 0 Å². The second-order valence-electron chi connectivity index (χ2n) is 9.91. The minimum atomic E-state index is -0.466. The first-order chi connectivity index (χ1) is 16.3. The van der Waals surface area contributed by atoms with Gasteiger partial charge in [0, 0.05) is 16.8 Å². The molecule has 0 aliphatic heterocycles. The molecule has 3 aromatic rings. The summed E-state index contributed by atoms with van der Waals surface area (Å²) < 4.78 is 5.53. The van der Waals surface area contributed by atoms with Crippen LogP contribution in [0.25, 0.3) is 22.6 Å². The highest BCUT2D eigenvalue weighted by Crippen LogP contribution is 2.45. The van der Waals surface area contributed by atoms with Crippen LogP contribution in [-0.4, -0.2) is 30.0 Å². The highest BCUT2D eigenvalue weighted by molar-refractivity contribution is 7.10. The van der Waals surface area contributed by atoms with Gasteiger partial charge in [0.1, 0.15) is 0 Å². The maximum absolute atomic E-state index is 13.4. The van der Waals surface area contributed by atoms with E-state index in [-0.39, 0.29) is 17.9 Å². The summed E-state index contributed by atoms with van der Waals surface area (Å²) in [5, 5.41) is 5.60. The average Bonchev–Trinajstić information content (AvgIpc) is 3.32. The van der Waals surface area contributed by atoms with Gasteiger partial charge in [0.25, 0.3) is 5.91 Å². The van der Waals surface area contributed by atoms with Gasteiger partial charge in [-0.15, -0.1) is 11.3 Å². The number of nitrogens with zero attached hydrogens (tertiary/aromatic N) is 1. The number of hydrogen-bond acceptors (Lipinski definition) is 5. The van der Waals surface area contributed by atoms with Crippen molar-refractivity contribution in [1.29, 1.82) is 0 Å². The molecule has 1 amide bonds. The summed E-state index contributed by atoms with van der Waals surface area (Å²) in [6.45, 7) is 9.00. The first-order valence-corrected chi connectivity index (χ1v) is 12.8. The Balaban J connectivity index is 1.83. The maximum atomic E-state index is 13.4. The molecular weight excluding hydrogens is 444 g/mol. The van der Waals surface area contributed by atoms with Gasteiger partial charge >= 0.3 is 5.97 Å². The average molecular weight is 477 g/mol. The highest BCUT2D eigenvalue weighted by atomic mass is 32.1. The Hall–Kier alpha value is -2.99. The van der Waals surface area contributed by atoms with Gasteiger partial charge in [0.15, 0.2) is 6.61 Å². The number of fused-ring (bicyclic) bond motifs is 2. The summed E-state index contributed by atoms with van der Waals surface area (Å²) in [6, 6.07) is 11.8. The fraction of sp³-hybridized carbons (Fsp3) is 0.393. The van der Waals surface area contributed by atoms with Gasteiger partial charge in [-0.2, -0.15) is 0 Å². The molecule has 34 heavy (non-hydrogen) atoms. The van der Waals surface area contributed by atoms with Crippen molar-refractivity contribution in [3.05, 3.63) is 63.5 Å². The van der Waals surface area contributed by atoms with Crippen LogP contribution in [0.4, 0.5) is 0 Å². The third kappa shape index (κ3) is 5.22. The molecule has 0 saturated carbocycles. The molecule has 6 heteroatoms. The molecule has 4 rings (SSSR count). The zero-order valence-electron chi connectivity index (χ0n) is 20.3. The predicted octanol–water partition coefficient (Wildman–Crippen LogP) is 6.13. The first-order valence-electron chi connectivity index (χ1n) is 11.9. The number of benzene rings is 1. The molecule has 178 valence electrons. The van der Waals surface area contributed by atoms with Gasteiger partial charge in [0.2, 0.25) is 0 Å². The number of allylic oxidation sites excluding steroid dienone is 1. The third-order valence-corrected chi connectivity index (χ3v) is 7.23. The minimum Gasteiger partial charge on any atom is -0.452 e. The van der Waals surface area contributed by atoms with Crippen molar-refractivity contribution in [3.63, 3.8) is 0 Å². The molecule has 1 N–H and O–H groups in total. The number of nitrogens with one attached hydrogen (secondary N) is 1. The molecule has 1 atom stereocenters. The summed E-state index contributed by atoms with van der Waals surface area (Å²) in [6.07, 6.45) is 4.67. The Bertz CT molecular complexity index is 1220. The lowest BCUT2D eigenvalue weighted by Gasteiger charge is -2.36. The summed E-state index contributed by atoms with van der Waals surface area (Å²) in [5.41, 5.74) is 4.29. The molecule has 1 aliphatic carbocycles. The number of ether oxygens (including phenoxy) is 1. The Morgan fingerprint density at radius 3 is 2.68 bits per heavy atom. The SMILES string of the molecule is CCCNC(=O)COC(=O)c1c2c(nc3ccccc13)C(=Cc1cccs1)CC(C(C)(C)C)C2. The number of thiophene rings is 1. The van der Waals surface area contributed by atoms with Crippen LogP contribution >= 0.6 is 11.3 Å². The van der Waals surface area contributed by atoms with E-state index in [4.69, 9.17) is 9.72 Å². The number of rotatable bonds is 6. The van der Waals surface area contributed by atoms with Crippen LogP contribution in [0.3, 0.4) is 0 Å². The third-order valence-electron chi connectivity index (χ3n) is 6.41. The molecule has 0 spiro atoms. The van der Waals surface area contributed by atoms with Gasteiger partial charge in [0.05, 0.1) is 16.8 Å². The van der Waals surface area contributed by atoms with E-state index in [9.17, 15) is 9.59 Å². The van der Waals surface area contributed by atoms with Gasteiger partial charge in [-0.1, -0.05) is 52.0 Å². The molecule has 0 radical (unpaired) electrons. The van der Waals surface area contributed by atoms with E-state index in [1.54, 1.807) is 11.3 Å². The lowest BCUT2D eigenvalue weighted by molar-refractivity contribution is -0.124. The van der Waals surface area contributed by atoms with Crippen LogP contribution in [-0.2, 0) is 16.0 Å². The van der Waals surface area contributed by atoms with Crippen LogP contribution in [0, 0.1) is 11.3 Å². The molecule has 1 unspecified atom stereocenters. The summed E-state index contributed by atoms with van der Waals surface area (Å²) >= 11 is 1.69. The summed E-state index contributed by atoms with van der Waals surface area (Å²) in [7, 11) is 0. The van der Waals surface area contributed by atoms with E-state index in [0.717, 1.165) is 47.0 Å². The molecule has 2 aromatic heterocycles. The Labute approximate surface area is 205 Å². The number of aromatic nitrogens is 1. The quantitative estimate of drug-likeness (QED) is 0.435. The molecule has 2 heterocycles. The van der Waals surface area contributed by atoms with Gasteiger partial charge in [-0.25, -0.2) is 9.78 Å². The lowest BCUT2D eigenvalue weighted by Crippen LogP contribution is -2.31. The number of pyridine rings is 1. The lowest BCUT2D eigenvalue weighted by atomic mass is 9.69. The van der Waals surface area contributed by atoms with E-state index in [2.05, 4.69) is 43.6 Å². The highest BCUT2D eigenvalue weighted by Gasteiger charge is 2.35.